The van der Waals surface area contributed by atoms with Crippen LogP contribution in [-0.4, -0.2) is 35.5 Å². The number of alkyl halides is 2. The van der Waals surface area contributed by atoms with Gasteiger partial charge < -0.3 is 5.11 Å². The standard InChI is InChI=1S/C24H21F3N2O4/c25-24(26,23(32)33-27)21(28-16-20(30)17-10-4-1-5-11-17)22(31)29(18-12-6-2-7-13-18)19-14-8-3-9-15-19/h1-15,20-21,28,30H,16H2. The number of hydrogen-bond acceptors (Lipinski definition) is 5. The number of nitrogens with one attached hydrogen (secondary N) is 1. The van der Waals surface area contributed by atoms with Crippen LogP contribution >= 0.6 is 0 Å². The summed E-state index contributed by atoms with van der Waals surface area (Å²) >= 11 is 0. The van der Waals surface area contributed by atoms with Gasteiger partial charge in [-0.3, -0.25) is 15.0 Å². The van der Waals surface area contributed by atoms with Gasteiger partial charge in [-0.2, -0.15) is 8.78 Å². The number of carbonyl (C=O) groups excluding carboxylic acids is 2. The Labute approximate surface area is 188 Å². The Morgan fingerprint density at radius 2 is 1.33 bits per heavy atom. The summed E-state index contributed by atoms with van der Waals surface area (Å²) < 4.78 is 42.2. The number of para-hydroxylation sites is 2. The fraction of sp³-hybridized carbons (Fsp3) is 0.167. The van der Waals surface area contributed by atoms with Crippen LogP contribution in [0.4, 0.5) is 24.7 Å². The lowest BCUT2D eigenvalue weighted by molar-refractivity contribution is -0.215. The van der Waals surface area contributed by atoms with Crippen LogP contribution in [-0.2, 0) is 14.5 Å². The van der Waals surface area contributed by atoms with Gasteiger partial charge in [0, 0.05) is 22.4 Å². The second kappa shape index (κ2) is 10.8. The molecule has 3 aromatic rings. The van der Waals surface area contributed by atoms with Gasteiger partial charge in [0.05, 0.1) is 6.10 Å². The van der Waals surface area contributed by atoms with E-state index in [4.69, 9.17) is 0 Å². The molecule has 9 heteroatoms. The first-order chi connectivity index (χ1) is 15.9. The molecule has 0 aliphatic carbocycles. The lowest BCUT2D eigenvalue weighted by atomic mass is 10.0. The number of amides is 1. The number of anilines is 2. The third-order valence-electron chi connectivity index (χ3n) is 4.90. The molecule has 0 aromatic heterocycles. The monoisotopic (exact) mass is 458 g/mol. The summed E-state index contributed by atoms with van der Waals surface area (Å²) in [6, 6.07) is 21.4. The second-order valence-electron chi connectivity index (χ2n) is 7.10. The molecule has 3 rings (SSSR count). The Hall–Kier alpha value is -3.69. The van der Waals surface area contributed by atoms with Crippen LogP contribution in [0.1, 0.15) is 11.7 Å². The average molecular weight is 458 g/mol. The molecule has 0 radical (unpaired) electrons. The van der Waals surface area contributed by atoms with Gasteiger partial charge in [0.15, 0.2) is 6.04 Å². The van der Waals surface area contributed by atoms with E-state index in [0.717, 1.165) is 4.90 Å². The van der Waals surface area contributed by atoms with Crippen molar-refractivity contribution in [1.29, 1.82) is 0 Å². The van der Waals surface area contributed by atoms with Crippen molar-refractivity contribution in [2.24, 2.45) is 0 Å². The average Bonchev–Trinajstić information content (AvgIpc) is 2.85. The zero-order valence-electron chi connectivity index (χ0n) is 17.3. The highest BCUT2D eigenvalue weighted by molar-refractivity contribution is 6.06. The lowest BCUT2D eigenvalue weighted by Gasteiger charge is -2.31. The summed E-state index contributed by atoms with van der Waals surface area (Å²) in [6.07, 6.45) is -1.28. The molecule has 2 atom stereocenters. The molecule has 0 saturated carbocycles. The van der Waals surface area contributed by atoms with Gasteiger partial charge >= 0.3 is 11.9 Å². The van der Waals surface area contributed by atoms with Crippen molar-refractivity contribution in [3.8, 4) is 0 Å². The quantitative estimate of drug-likeness (QED) is 0.505. The zero-order valence-corrected chi connectivity index (χ0v) is 17.3. The number of aliphatic hydroxyl groups excluding tert-OH is 1. The van der Waals surface area contributed by atoms with Crippen molar-refractivity contribution in [2.45, 2.75) is 18.1 Å². The fourth-order valence-corrected chi connectivity index (χ4v) is 3.25. The summed E-state index contributed by atoms with van der Waals surface area (Å²) in [5, 5.41) is 12.6. The smallest absolute Gasteiger partial charge is 0.387 e. The summed E-state index contributed by atoms with van der Waals surface area (Å²) in [5.74, 6) is -8.35. The van der Waals surface area contributed by atoms with Crippen LogP contribution in [0.2, 0.25) is 0 Å². The predicted octanol–water partition coefficient (Wildman–Crippen LogP) is 4.11. The molecule has 0 aliphatic heterocycles. The van der Waals surface area contributed by atoms with E-state index in [9.17, 15) is 28.0 Å². The van der Waals surface area contributed by atoms with Crippen molar-refractivity contribution in [3.63, 3.8) is 0 Å². The maximum atomic E-state index is 14.9. The van der Waals surface area contributed by atoms with Crippen LogP contribution in [0.15, 0.2) is 91.0 Å². The summed E-state index contributed by atoms with van der Waals surface area (Å²) in [7, 11) is 0. The Morgan fingerprint density at radius 1 is 0.879 bits per heavy atom. The normalized spacial score (nSPS) is 13.1. The summed E-state index contributed by atoms with van der Waals surface area (Å²) in [5.41, 5.74) is 0.887. The van der Waals surface area contributed by atoms with Crippen molar-refractivity contribution >= 4 is 23.3 Å². The van der Waals surface area contributed by atoms with E-state index in [1.54, 1.807) is 66.7 Å². The Morgan fingerprint density at radius 3 is 1.79 bits per heavy atom. The molecule has 0 bridgehead atoms. The van der Waals surface area contributed by atoms with Crippen LogP contribution in [0.3, 0.4) is 0 Å². The Bertz CT molecular complexity index is 1010. The van der Waals surface area contributed by atoms with Gasteiger partial charge in [-0.15, -0.1) is 0 Å². The van der Waals surface area contributed by atoms with Gasteiger partial charge in [0.25, 0.3) is 5.91 Å². The molecule has 172 valence electrons. The maximum Gasteiger partial charge on any atom is 0.419 e. The number of carbonyl (C=O) groups is 2. The van der Waals surface area contributed by atoms with Gasteiger partial charge in [0.1, 0.15) is 0 Å². The SMILES string of the molecule is O=C(C(NCC(O)c1ccccc1)C(F)(F)C(=O)OF)N(c1ccccc1)c1ccccc1. The molecule has 0 aliphatic rings. The number of halogens is 3. The molecule has 33 heavy (non-hydrogen) atoms. The first-order valence-corrected chi connectivity index (χ1v) is 9.97. The van der Waals surface area contributed by atoms with E-state index in [1.165, 1.54) is 24.3 Å². The van der Waals surface area contributed by atoms with E-state index < -0.39 is 36.5 Å². The number of nitrogens with zero attached hydrogens (tertiary/aromatic N) is 1. The molecule has 3 aromatic carbocycles. The van der Waals surface area contributed by atoms with Crippen LogP contribution < -0.4 is 10.2 Å². The minimum atomic E-state index is -4.58. The van der Waals surface area contributed by atoms with Gasteiger partial charge in [-0.25, -0.2) is 9.74 Å². The summed E-state index contributed by atoms with van der Waals surface area (Å²) in [4.78, 5) is 28.7. The minimum absolute atomic E-state index is 0.244. The highest BCUT2D eigenvalue weighted by atomic mass is 19.3. The first kappa shape index (κ1) is 24.0. The van der Waals surface area contributed by atoms with E-state index >= 15 is 0 Å². The Kier molecular flexibility index (Phi) is 7.81. The van der Waals surface area contributed by atoms with Gasteiger partial charge in [-0.05, 0) is 29.8 Å². The van der Waals surface area contributed by atoms with E-state index in [0.29, 0.717) is 5.56 Å². The molecule has 0 fully saturated rings. The van der Waals surface area contributed by atoms with Crippen molar-refractivity contribution in [3.05, 3.63) is 96.6 Å². The van der Waals surface area contributed by atoms with Crippen molar-refractivity contribution < 1.29 is 32.9 Å². The van der Waals surface area contributed by atoms with Crippen LogP contribution in [0.5, 0.6) is 0 Å². The van der Waals surface area contributed by atoms with E-state index in [-0.39, 0.29) is 11.4 Å². The Balaban J connectivity index is 1.98. The molecular weight excluding hydrogens is 437 g/mol. The maximum absolute atomic E-state index is 14.9. The molecular formula is C24H21F3N2O4. The topological polar surface area (TPSA) is 78.9 Å². The molecule has 6 nitrogen and oxygen atoms in total. The van der Waals surface area contributed by atoms with Crippen LogP contribution in [0.25, 0.3) is 0 Å². The van der Waals surface area contributed by atoms with E-state index in [2.05, 4.69) is 10.3 Å². The highest BCUT2D eigenvalue weighted by Gasteiger charge is 2.55. The fourth-order valence-electron chi connectivity index (χ4n) is 3.25. The zero-order chi connectivity index (χ0) is 23.8. The van der Waals surface area contributed by atoms with Gasteiger partial charge in [0.2, 0.25) is 0 Å². The minimum Gasteiger partial charge on any atom is -0.387 e. The molecule has 2 unspecified atom stereocenters. The van der Waals surface area contributed by atoms with E-state index in [1.807, 2.05) is 0 Å². The number of rotatable bonds is 9. The first-order valence-electron chi connectivity index (χ1n) is 9.97. The number of benzene rings is 3. The van der Waals surface area contributed by atoms with Crippen molar-refractivity contribution in [1.82, 2.24) is 5.32 Å². The summed E-state index contributed by atoms with van der Waals surface area (Å²) in [6.45, 7) is -0.521. The van der Waals surface area contributed by atoms with Crippen molar-refractivity contribution in [2.75, 3.05) is 11.4 Å². The molecule has 2 N–H and O–H groups in total. The number of hydrogen-bond donors (Lipinski definition) is 2. The lowest BCUT2D eigenvalue weighted by Crippen LogP contribution is -2.59. The van der Waals surface area contributed by atoms with Crippen LogP contribution in [0, 0.1) is 0 Å². The highest BCUT2D eigenvalue weighted by Crippen LogP contribution is 2.30. The van der Waals surface area contributed by atoms with Gasteiger partial charge in [-0.1, -0.05) is 66.7 Å². The molecule has 0 saturated heterocycles. The molecule has 0 spiro atoms. The third-order valence-corrected chi connectivity index (χ3v) is 4.90. The molecule has 1 amide bonds. The molecule has 0 heterocycles. The largest absolute Gasteiger partial charge is 0.419 e. The predicted molar refractivity (Wildman–Crippen MR) is 115 cm³/mol. The third kappa shape index (κ3) is 5.57. The number of aliphatic hydroxyl groups is 1. The second-order valence-corrected chi connectivity index (χ2v) is 7.10.